The number of hydrogen-bond acceptors (Lipinski definition) is 1. The van der Waals surface area contributed by atoms with Gasteiger partial charge in [0.05, 0.1) is 5.56 Å². The largest absolute Gasteiger partial charge is 0.429 e. The maximum Gasteiger partial charge on any atom is 0.426 e. The van der Waals surface area contributed by atoms with Gasteiger partial charge in [0.2, 0.25) is 0 Å². The molecule has 1 aliphatic rings. The molecule has 1 fully saturated rings. The van der Waals surface area contributed by atoms with Gasteiger partial charge < -0.3 is 4.74 Å². The highest BCUT2D eigenvalue weighted by molar-refractivity contribution is 5.29. The van der Waals surface area contributed by atoms with Crippen LogP contribution in [0.15, 0.2) is 36.4 Å². The van der Waals surface area contributed by atoms with E-state index in [1.807, 2.05) is 0 Å². The van der Waals surface area contributed by atoms with Crippen LogP contribution >= 0.6 is 0 Å². The van der Waals surface area contributed by atoms with Crippen molar-refractivity contribution in [2.45, 2.75) is 109 Å². The zero-order chi connectivity index (χ0) is 26.7. The van der Waals surface area contributed by atoms with Crippen LogP contribution in [0.25, 0.3) is 0 Å². The van der Waals surface area contributed by atoms with E-state index < -0.39 is 29.1 Å². The molecule has 6 heteroatoms. The second-order valence-corrected chi connectivity index (χ2v) is 10.7. The Morgan fingerprint density at radius 2 is 1.24 bits per heavy atom. The van der Waals surface area contributed by atoms with Crippen LogP contribution in [0.4, 0.5) is 22.0 Å². The van der Waals surface area contributed by atoms with Gasteiger partial charge >= 0.3 is 6.11 Å². The number of halogens is 5. The molecule has 0 heterocycles. The van der Waals surface area contributed by atoms with Crippen LogP contribution < -0.4 is 4.74 Å². The first-order valence-corrected chi connectivity index (χ1v) is 14.1. The molecule has 0 N–H and O–H groups in total. The Morgan fingerprint density at radius 3 is 1.81 bits per heavy atom. The van der Waals surface area contributed by atoms with E-state index >= 15 is 0 Å². The molecule has 0 unspecified atom stereocenters. The maximum absolute atomic E-state index is 14.4. The second-order valence-electron chi connectivity index (χ2n) is 10.7. The molecule has 0 atom stereocenters. The molecule has 0 aliphatic heterocycles. The molecule has 0 saturated heterocycles. The van der Waals surface area contributed by atoms with E-state index in [0.29, 0.717) is 5.92 Å². The summed E-state index contributed by atoms with van der Waals surface area (Å²) in [6.07, 6.45) is 15.4. The zero-order valence-electron chi connectivity index (χ0n) is 22.0. The lowest BCUT2D eigenvalue weighted by molar-refractivity contribution is -0.185. The topological polar surface area (TPSA) is 9.23 Å². The van der Waals surface area contributed by atoms with Gasteiger partial charge in [0.25, 0.3) is 0 Å². The van der Waals surface area contributed by atoms with E-state index in [2.05, 4.69) is 11.7 Å². The van der Waals surface area contributed by atoms with Crippen LogP contribution in [0.2, 0.25) is 0 Å². The SMILES string of the molecule is CCCCCCCCCCC1CCC(CCc2ccc(OC(F)(F)c3cc(F)c(F)c(F)c3)cc2)CC1. The highest BCUT2D eigenvalue weighted by Gasteiger charge is 2.36. The lowest BCUT2D eigenvalue weighted by Gasteiger charge is -2.28. The van der Waals surface area contributed by atoms with Gasteiger partial charge in [-0.15, -0.1) is 0 Å². The highest BCUT2D eigenvalue weighted by atomic mass is 19.3. The van der Waals surface area contributed by atoms with Crippen LogP contribution in [-0.4, -0.2) is 0 Å². The number of hydrogen-bond donors (Lipinski definition) is 0. The van der Waals surface area contributed by atoms with E-state index in [-0.39, 0.29) is 17.9 Å². The van der Waals surface area contributed by atoms with Crippen LogP contribution in [0.5, 0.6) is 5.75 Å². The van der Waals surface area contributed by atoms with Crippen molar-refractivity contribution < 1.29 is 26.7 Å². The normalized spacial score (nSPS) is 18.2. The van der Waals surface area contributed by atoms with Gasteiger partial charge in [-0.2, -0.15) is 8.78 Å². The summed E-state index contributed by atoms with van der Waals surface area (Å²) < 4.78 is 73.1. The summed E-state index contributed by atoms with van der Waals surface area (Å²) >= 11 is 0. The third-order valence-electron chi connectivity index (χ3n) is 7.76. The van der Waals surface area contributed by atoms with E-state index in [4.69, 9.17) is 0 Å². The maximum atomic E-state index is 14.4. The lowest BCUT2D eigenvalue weighted by Crippen LogP contribution is -2.22. The van der Waals surface area contributed by atoms with Crippen molar-refractivity contribution in [2.24, 2.45) is 11.8 Å². The fraction of sp³-hybridized carbons (Fsp3) is 0.613. The molecule has 2 aromatic rings. The Hall–Kier alpha value is -2.11. The van der Waals surface area contributed by atoms with E-state index in [1.165, 1.54) is 95.6 Å². The molecular formula is C31H41F5O. The summed E-state index contributed by atoms with van der Waals surface area (Å²) in [4.78, 5) is 0. The van der Waals surface area contributed by atoms with Crippen molar-refractivity contribution in [3.05, 3.63) is 65.0 Å². The van der Waals surface area contributed by atoms with Crippen LogP contribution in [0.3, 0.4) is 0 Å². The van der Waals surface area contributed by atoms with Crippen LogP contribution in [-0.2, 0) is 12.5 Å². The fourth-order valence-corrected chi connectivity index (χ4v) is 5.40. The summed E-state index contributed by atoms with van der Waals surface area (Å²) in [5, 5.41) is 0. The van der Waals surface area contributed by atoms with E-state index in [1.54, 1.807) is 12.1 Å². The Morgan fingerprint density at radius 1 is 0.730 bits per heavy atom. The van der Waals surface area contributed by atoms with Crippen molar-refractivity contribution in [3.8, 4) is 5.75 Å². The molecule has 0 radical (unpaired) electrons. The van der Waals surface area contributed by atoms with Gasteiger partial charge in [0.15, 0.2) is 17.5 Å². The standard InChI is InChI=1S/C31H41F5O/c1-2-3-4-5-6-7-8-9-10-23-11-13-24(14-12-23)15-16-25-17-19-27(20-18-25)37-31(35,36)26-21-28(32)30(34)29(33)22-26/h17-24H,2-16H2,1H3. The number of ether oxygens (including phenoxy) is 1. The molecule has 0 spiro atoms. The Labute approximate surface area is 218 Å². The van der Waals surface area contributed by atoms with Crippen molar-refractivity contribution in [1.29, 1.82) is 0 Å². The third kappa shape index (κ3) is 9.61. The summed E-state index contributed by atoms with van der Waals surface area (Å²) in [5.41, 5.74) is -0.0402. The number of aryl methyl sites for hydroxylation is 1. The number of rotatable bonds is 15. The molecule has 1 saturated carbocycles. The molecule has 0 bridgehead atoms. The lowest BCUT2D eigenvalue weighted by atomic mass is 9.77. The molecule has 2 aromatic carbocycles. The Kier molecular flexibility index (Phi) is 11.7. The molecule has 1 aliphatic carbocycles. The predicted molar refractivity (Wildman–Crippen MR) is 138 cm³/mol. The first-order chi connectivity index (χ1) is 17.8. The summed E-state index contributed by atoms with van der Waals surface area (Å²) in [5.74, 6) is -3.70. The Balaban J connectivity index is 1.34. The fourth-order valence-electron chi connectivity index (χ4n) is 5.40. The average Bonchev–Trinajstić information content (AvgIpc) is 2.88. The molecule has 0 amide bonds. The van der Waals surface area contributed by atoms with Crippen molar-refractivity contribution >= 4 is 0 Å². The third-order valence-corrected chi connectivity index (χ3v) is 7.76. The molecular weight excluding hydrogens is 483 g/mol. The molecule has 206 valence electrons. The van der Waals surface area contributed by atoms with Gasteiger partial charge in [0.1, 0.15) is 5.75 Å². The zero-order valence-corrected chi connectivity index (χ0v) is 22.0. The summed E-state index contributed by atoms with van der Waals surface area (Å²) in [6, 6.07) is 6.84. The number of alkyl halides is 2. The van der Waals surface area contributed by atoms with Gasteiger partial charge in [-0.1, -0.05) is 103 Å². The van der Waals surface area contributed by atoms with Crippen LogP contribution in [0.1, 0.15) is 108 Å². The van der Waals surface area contributed by atoms with Crippen molar-refractivity contribution in [3.63, 3.8) is 0 Å². The second kappa shape index (κ2) is 14.7. The minimum Gasteiger partial charge on any atom is -0.429 e. The van der Waals surface area contributed by atoms with E-state index in [9.17, 15) is 22.0 Å². The minimum atomic E-state index is -4.00. The smallest absolute Gasteiger partial charge is 0.426 e. The average molecular weight is 525 g/mol. The van der Waals surface area contributed by atoms with Crippen molar-refractivity contribution in [1.82, 2.24) is 0 Å². The first-order valence-electron chi connectivity index (χ1n) is 14.1. The molecule has 1 nitrogen and oxygen atoms in total. The van der Waals surface area contributed by atoms with Gasteiger partial charge in [-0.05, 0) is 54.5 Å². The Bertz CT molecular complexity index is 912. The van der Waals surface area contributed by atoms with Gasteiger partial charge in [-0.25, -0.2) is 13.2 Å². The van der Waals surface area contributed by atoms with E-state index in [0.717, 1.165) is 24.3 Å². The van der Waals surface area contributed by atoms with Gasteiger partial charge in [-0.3, -0.25) is 0 Å². The first kappa shape index (κ1) is 29.4. The summed E-state index contributed by atoms with van der Waals surface area (Å²) in [6.45, 7) is 2.25. The van der Waals surface area contributed by atoms with Crippen LogP contribution in [0, 0.1) is 29.3 Å². The number of unbranched alkanes of at least 4 members (excludes halogenated alkanes) is 7. The summed E-state index contributed by atoms with van der Waals surface area (Å²) in [7, 11) is 0. The molecule has 37 heavy (non-hydrogen) atoms. The van der Waals surface area contributed by atoms with Crippen molar-refractivity contribution in [2.75, 3.05) is 0 Å². The number of benzene rings is 2. The molecule has 3 rings (SSSR count). The highest BCUT2D eigenvalue weighted by Crippen LogP contribution is 2.35. The monoisotopic (exact) mass is 524 g/mol. The predicted octanol–water partition coefficient (Wildman–Crippen LogP) is 10.5. The minimum absolute atomic E-state index is 0.125. The quantitative estimate of drug-likeness (QED) is 0.128. The van der Waals surface area contributed by atoms with Gasteiger partial charge in [0, 0.05) is 0 Å². The molecule has 0 aromatic heterocycles.